The van der Waals surface area contributed by atoms with Gasteiger partial charge in [-0.25, -0.2) is 18.7 Å². The molecule has 3 aromatic heterocycles. The van der Waals surface area contributed by atoms with Crippen molar-refractivity contribution in [3.63, 3.8) is 0 Å². The van der Waals surface area contributed by atoms with Crippen molar-refractivity contribution < 1.29 is 4.39 Å². The van der Waals surface area contributed by atoms with E-state index in [9.17, 15) is 9.18 Å². The van der Waals surface area contributed by atoms with Crippen molar-refractivity contribution in [3.05, 3.63) is 113 Å². The molecule has 0 atom stereocenters. The standard InChI is InChI=1S/C31H28FN7O/c32-24-8-6-7-23(17-24)20-37-28-12-5-4-11-27(28)35-31(37)36-15-13-22(14-16-36)21-38-30(40)26-18-34-39(29(26)19-33-38)25-9-2-1-3-10-25/h1-12,17-19,22H,13-16,20-21H2. The molecule has 0 spiro atoms. The molecule has 0 bridgehead atoms. The van der Waals surface area contributed by atoms with E-state index < -0.39 is 0 Å². The number of para-hydroxylation sites is 3. The van der Waals surface area contributed by atoms with Gasteiger partial charge in [0.1, 0.15) is 5.82 Å². The van der Waals surface area contributed by atoms with Gasteiger partial charge in [0.05, 0.1) is 46.6 Å². The molecule has 0 radical (unpaired) electrons. The lowest BCUT2D eigenvalue weighted by atomic mass is 9.97. The van der Waals surface area contributed by atoms with Crippen LogP contribution in [0.15, 0.2) is 96.1 Å². The molecule has 1 saturated heterocycles. The molecule has 0 saturated carbocycles. The van der Waals surface area contributed by atoms with Crippen molar-refractivity contribution >= 4 is 27.9 Å². The Morgan fingerprint density at radius 2 is 1.65 bits per heavy atom. The fourth-order valence-electron chi connectivity index (χ4n) is 5.71. The number of piperidine rings is 1. The van der Waals surface area contributed by atoms with E-state index in [1.165, 1.54) is 6.07 Å². The van der Waals surface area contributed by atoms with Crippen molar-refractivity contribution in [2.45, 2.75) is 25.9 Å². The lowest BCUT2D eigenvalue weighted by Gasteiger charge is -2.33. The van der Waals surface area contributed by atoms with Crippen LogP contribution >= 0.6 is 0 Å². The Morgan fingerprint density at radius 3 is 2.48 bits per heavy atom. The van der Waals surface area contributed by atoms with Gasteiger partial charge in [-0.05, 0) is 60.7 Å². The lowest BCUT2D eigenvalue weighted by Crippen LogP contribution is -2.38. The SMILES string of the molecule is O=c1c2cnn(-c3ccccc3)c2cnn1CC1CCN(c2nc3ccccc3n2Cc2cccc(F)c2)CC1. The van der Waals surface area contributed by atoms with E-state index in [-0.39, 0.29) is 11.4 Å². The smallest absolute Gasteiger partial charge is 0.277 e. The number of imidazole rings is 1. The number of benzene rings is 3. The van der Waals surface area contributed by atoms with E-state index >= 15 is 0 Å². The van der Waals surface area contributed by atoms with Crippen LogP contribution in [0.2, 0.25) is 0 Å². The predicted molar refractivity (Wildman–Crippen MR) is 153 cm³/mol. The fourth-order valence-corrected chi connectivity index (χ4v) is 5.71. The number of hydrogen-bond acceptors (Lipinski definition) is 5. The van der Waals surface area contributed by atoms with Crippen LogP contribution in [0.25, 0.3) is 27.6 Å². The van der Waals surface area contributed by atoms with Crippen molar-refractivity contribution in [1.29, 1.82) is 0 Å². The summed E-state index contributed by atoms with van der Waals surface area (Å²) in [6.45, 7) is 2.75. The summed E-state index contributed by atoms with van der Waals surface area (Å²) in [5.41, 5.74) is 4.35. The molecule has 1 aliphatic rings. The van der Waals surface area contributed by atoms with Gasteiger partial charge in [0.25, 0.3) is 5.56 Å². The molecule has 7 rings (SSSR count). The molecule has 200 valence electrons. The van der Waals surface area contributed by atoms with Crippen molar-refractivity contribution in [2.75, 3.05) is 18.0 Å². The zero-order valence-electron chi connectivity index (χ0n) is 21.9. The zero-order chi connectivity index (χ0) is 27.1. The highest BCUT2D eigenvalue weighted by Crippen LogP contribution is 2.28. The van der Waals surface area contributed by atoms with E-state index in [4.69, 9.17) is 4.98 Å². The van der Waals surface area contributed by atoms with Gasteiger partial charge in [0.15, 0.2) is 0 Å². The largest absolute Gasteiger partial charge is 0.342 e. The quantitative estimate of drug-likeness (QED) is 0.300. The second-order valence-corrected chi connectivity index (χ2v) is 10.4. The highest BCUT2D eigenvalue weighted by Gasteiger charge is 2.25. The average molecular weight is 534 g/mol. The molecule has 8 nitrogen and oxygen atoms in total. The van der Waals surface area contributed by atoms with E-state index in [0.29, 0.717) is 29.9 Å². The predicted octanol–water partition coefficient (Wildman–Crippen LogP) is 5.04. The van der Waals surface area contributed by atoms with E-state index in [1.54, 1.807) is 33.9 Å². The first kappa shape index (κ1) is 24.3. The van der Waals surface area contributed by atoms with Gasteiger partial charge in [-0.2, -0.15) is 10.2 Å². The molecule has 4 heterocycles. The average Bonchev–Trinajstić information content (AvgIpc) is 3.58. The van der Waals surface area contributed by atoms with E-state index in [1.807, 2.05) is 54.6 Å². The van der Waals surface area contributed by atoms with Crippen LogP contribution in [0.5, 0.6) is 0 Å². The first-order valence-corrected chi connectivity index (χ1v) is 13.6. The Kier molecular flexibility index (Phi) is 6.11. The number of rotatable bonds is 6. The molecule has 9 heteroatoms. The molecule has 40 heavy (non-hydrogen) atoms. The van der Waals surface area contributed by atoms with Gasteiger partial charge < -0.3 is 9.47 Å². The zero-order valence-corrected chi connectivity index (χ0v) is 21.9. The molecule has 6 aromatic rings. The van der Waals surface area contributed by atoms with Crippen LogP contribution in [0.4, 0.5) is 10.3 Å². The molecular weight excluding hydrogens is 505 g/mol. The number of anilines is 1. The Bertz CT molecular complexity index is 1870. The van der Waals surface area contributed by atoms with Gasteiger partial charge in [-0.3, -0.25) is 4.79 Å². The fraction of sp³-hybridized carbons (Fsp3) is 0.226. The number of hydrogen-bond donors (Lipinski definition) is 0. The minimum Gasteiger partial charge on any atom is -0.342 e. The Balaban J connectivity index is 1.10. The molecule has 0 N–H and O–H groups in total. The van der Waals surface area contributed by atoms with Crippen LogP contribution < -0.4 is 10.5 Å². The van der Waals surface area contributed by atoms with Gasteiger partial charge in [0, 0.05) is 19.6 Å². The Labute approximate surface area is 229 Å². The second kappa shape index (κ2) is 10.1. The monoisotopic (exact) mass is 533 g/mol. The molecule has 0 amide bonds. The minimum atomic E-state index is -0.237. The van der Waals surface area contributed by atoms with Crippen LogP contribution in [0.3, 0.4) is 0 Å². The Morgan fingerprint density at radius 1 is 0.850 bits per heavy atom. The van der Waals surface area contributed by atoms with Gasteiger partial charge >= 0.3 is 0 Å². The highest BCUT2D eigenvalue weighted by atomic mass is 19.1. The number of nitrogens with zero attached hydrogens (tertiary/aromatic N) is 7. The highest BCUT2D eigenvalue weighted by molar-refractivity contribution is 5.79. The third-order valence-electron chi connectivity index (χ3n) is 7.78. The number of halogens is 1. The maximum atomic E-state index is 13.9. The topological polar surface area (TPSA) is 73.8 Å². The summed E-state index contributed by atoms with van der Waals surface area (Å²) < 4.78 is 19.4. The first-order valence-electron chi connectivity index (χ1n) is 13.6. The summed E-state index contributed by atoms with van der Waals surface area (Å²) in [6, 6.07) is 24.6. The van der Waals surface area contributed by atoms with E-state index in [2.05, 4.69) is 25.7 Å². The number of aromatic nitrogens is 6. The summed E-state index contributed by atoms with van der Waals surface area (Å²) in [4.78, 5) is 20.5. The molecule has 1 fully saturated rings. The first-order chi connectivity index (χ1) is 19.6. The summed E-state index contributed by atoms with van der Waals surface area (Å²) in [5, 5.41) is 9.53. The molecular formula is C31H28FN7O. The maximum Gasteiger partial charge on any atom is 0.277 e. The van der Waals surface area contributed by atoms with Crippen LogP contribution in [0, 0.1) is 11.7 Å². The lowest BCUT2D eigenvalue weighted by molar-refractivity contribution is 0.334. The normalized spacial score (nSPS) is 14.4. The Hall–Kier alpha value is -4.79. The minimum absolute atomic E-state index is 0.112. The molecule has 1 aliphatic heterocycles. The third kappa shape index (κ3) is 4.43. The van der Waals surface area contributed by atoms with Gasteiger partial charge in [-0.1, -0.05) is 42.5 Å². The summed E-state index contributed by atoms with van der Waals surface area (Å²) >= 11 is 0. The van der Waals surface area contributed by atoms with Crippen LogP contribution in [0.1, 0.15) is 18.4 Å². The summed E-state index contributed by atoms with van der Waals surface area (Å²) in [7, 11) is 0. The second-order valence-electron chi connectivity index (χ2n) is 10.4. The van der Waals surface area contributed by atoms with Crippen LogP contribution in [-0.4, -0.2) is 42.2 Å². The molecule has 3 aromatic carbocycles. The van der Waals surface area contributed by atoms with Crippen LogP contribution in [-0.2, 0) is 13.1 Å². The molecule has 0 aliphatic carbocycles. The van der Waals surface area contributed by atoms with Crippen molar-refractivity contribution in [2.24, 2.45) is 5.92 Å². The van der Waals surface area contributed by atoms with Gasteiger partial charge in [-0.15, -0.1) is 0 Å². The number of fused-ring (bicyclic) bond motifs is 2. The summed E-state index contributed by atoms with van der Waals surface area (Å²) in [6.07, 6.45) is 5.20. The maximum absolute atomic E-state index is 13.9. The van der Waals surface area contributed by atoms with E-state index in [0.717, 1.165) is 54.2 Å². The third-order valence-corrected chi connectivity index (χ3v) is 7.78. The summed E-state index contributed by atoms with van der Waals surface area (Å²) in [5.74, 6) is 0.983. The van der Waals surface area contributed by atoms with Crippen molar-refractivity contribution in [1.82, 2.24) is 29.1 Å². The van der Waals surface area contributed by atoms with Crippen molar-refractivity contribution in [3.8, 4) is 5.69 Å². The van der Waals surface area contributed by atoms with Gasteiger partial charge in [0.2, 0.25) is 5.95 Å². The molecule has 0 unspecified atom stereocenters.